The van der Waals surface area contributed by atoms with Crippen LogP contribution in [0.15, 0.2) is 63.1 Å². The van der Waals surface area contributed by atoms with E-state index in [4.69, 9.17) is 23.8 Å². The van der Waals surface area contributed by atoms with Crippen molar-refractivity contribution in [2.75, 3.05) is 6.54 Å². The molecule has 2 nitrogen and oxygen atoms in total. The molecule has 0 atom stereocenters. The zero-order valence-electron chi connectivity index (χ0n) is 12.4. The van der Waals surface area contributed by atoms with Crippen molar-refractivity contribution in [3.05, 3.63) is 63.9 Å². The molecule has 7 heteroatoms. The number of benzene rings is 1. The first-order valence-electron chi connectivity index (χ1n) is 6.96. The van der Waals surface area contributed by atoms with Gasteiger partial charge in [0.05, 0.1) is 9.11 Å². The van der Waals surface area contributed by atoms with Crippen molar-refractivity contribution >= 4 is 75.0 Å². The van der Waals surface area contributed by atoms with E-state index in [0.717, 1.165) is 19.0 Å². The lowest BCUT2D eigenvalue weighted by atomic mass is 10.3. The molecule has 1 aliphatic heterocycles. The van der Waals surface area contributed by atoms with Crippen LogP contribution in [0.1, 0.15) is 4.88 Å². The summed E-state index contributed by atoms with van der Waals surface area (Å²) >= 11 is 15.8. The Morgan fingerprint density at radius 2 is 2.00 bits per heavy atom. The van der Waals surface area contributed by atoms with Gasteiger partial charge in [0.2, 0.25) is 0 Å². The van der Waals surface area contributed by atoms with E-state index in [1.807, 2.05) is 36.4 Å². The summed E-state index contributed by atoms with van der Waals surface area (Å²) in [6, 6.07) is 11.8. The zero-order chi connectivity index (χ0) is 17.1. The van der Waals surface area contributed by atoms with Gasteiger partial charge in [-0.2, -0.15) is 0 Å². The van der Waals surface area contributed by atoms with Crippen molar-refractivity contribution in [2.24, 2.45) is 0 Å². The second-order valence-electron chi connectivity index (χ2n) is 4.79. The number of carbonyl (C=O) groups is 1. The minimum atomic E-state index is -0.0507. The Kier molecular flexibility index (Phi) is 5.84. The molecule has 1 amide bonds. The molecule has 1 fully saturated rings. The maximum atomic E-state index is 12.3. The van der Waals surface area contributed by atoms with Crippen molar-refractivity contribution in [1.82, 2.24) is 4.90 Å². The number of hydrogen-bond donors (Lipinski definition) is 0. The number of carbonyl (C=O) groups excluding carboxylic acids is 1. The van der Waals surface area contributed by atoms with Crippen LogP contribution in [-0.2, 0) is 4.79 Å². The maximum Gasteiger partial charge on any atom is 0.266 e. The molecule has 0 aliphatic carbocycles. The Bertz CT molecular complexity index is 825. The number of nitrogens with zero attached hydrogens (tertiary/aromatic N) is 1. The fourth-order valence-electron chi connectivity index (χ4n) is 2.00. The molecular formula is C17H12ClNOS4. The van der Waals surface area contributed by atoms with Gasteiger partial charge in [-0.25, -0.2) is 0 Å². The monoisotopic (exact) mass is 409 g/mol. The lowest BCUT2D eigenvalue weighted by molar-refractivity contribution is -0.121. The average Bonchev–Trinajstić information content (AvgIpc) is 3.10. The summed E-state index contributed by atoms with van der Waals surface area (Å²) in [4.78, 5) is 16.7. The van der Waals surface area contributed by atoms with E-state index >= 15 is 0 Å². The van der Waals surface area contributed by atoms with Gasteiger partial charge >= 0.3 is 0 Å². The highest BCUT2D eigenvalue weighted by molar-refractivity contribution is 8.26. The number of halogens is 1. The van der Waals surface area contributed by atoms with Crippen molar-refractivity contribution < 1.29 is 4.79 Å². The molecule has 0 bridgehead atoms. The lowest BCUT2D eigenvalue weighted by Gasteiger charge is -2.10. The quantitative estimate of drug-likeness (QED) is 0.345. The first kappa shape index (κ1) is 17.8. The highest BCUT2D eigenvalue weighted by atomic mass is 35.5. The molecule has 2 heterocycles. The average molecular weight is 410 g/mol. The van der Waals surface area contributed by atoms with Crippen LogP contribution in [0.5, 0.6) is 0 Å². The number of rotatable bonds is 5. The molecule has 3 rings (SSSR count). The molecule has 0 saturated carbocycles. The van der Waals surface area contributed by atoms with Crippen LogP contribution in [0.4, 0.5) is 0 Å². The molecule has 1 aliphatic rings. The zero-order valence-corrected chi connectivity index (χ0v) is 16.4. The van der Waals surface area contributed by atoms with E-state index < -0.39 is 0 Å². The first-order valence-corrected chi connectivity index (χ1v) is 10.2. The fourth-order valence-corrected chi connectivity index (χ4v) is 5.53. The smallest absolute Gasteiger partial charge is 0.266 e. The Labute approximate surface area is 163 Å². The van der Waals surface area contributed by atoms with Crippen LogP contribution in [-0.4, -0.2) is 21.7 Å². The number of amides is 1. The minimum absolute atomic E-state index is 0.0507. The molecule has 2 aromatic rings. The summed E-state index contributed by atoms with van der Waals surface area (Å²) in [7, 11) is 0. The summed E-state index contributed by atoms with van der Waals surface area (Å²) in [5, 5.41) is 0.729. The molecule has 0 spiro atoms. The van der Waals surface area contributed by atoms with Gasteiger partial charge in [0, 0.05) is 21.3 Å². The molecule has 1 saturated heterocycles. The van der Waals surface area contributed by atoms with Crippen molar-refractivity contribution in [3.8, 4) is 0 Å². The molecule has 122 valence electrons. The minimum Gasteiger partial charge on any atom is -0.289 e. The fraction of sp³-hybridized carbons (Fsp3) is 0.0588. The molecule has 1 aromatic heterocycles. The van der Waals surface area contributed by atoms with Gasteiger partial charge < -0.3 is 0 Å². The summed E-state index contributed by atoms with van der Waals surface area (Å²) in [5.41, 5.74) is 0. The van der Waals surface area contributed by atoms with Crippen molar-refractivity contribution in [2.45, 2.75) is 9.10 Å². The van der Waals surface area contributed by atoms with Gasteiger partial charge in [-0.05, 0) is 42.5 Å². The molecule has 1 aromatic carbocycles. The van der Waals surface area contributed by atoms with E-state index in [0.29, 0.717) is 15.8 Å². The van der Waals surface area contributed by atoms with Crippen LogP contribution in [0, 0.1) is 0 Å². The largest absolute Gasteiger partial charge is 0.289 e. The Balaban J connectivity index is 1.74. The number of thiophene rings is 1. The van der Waals surface area contributed by atoms with E-state index in [9.17, 15) is 4.79 Å². The van der Waals surface area contributed by atoms with Gasteiger partial charge in [-0.15, -0.1) is 17.9 Å². The predicted molar refractivity (Wildman–Crippen MR) is 110 cm³/mol. The molecule has 0 radical (unpaired) electrons. The van der Waals surface area contributed by atoms with E-state index in [-0.39, 0.29) is 5.91 Å². The van der Waals surface area contributed by atoms with Crippen molar-refractivity contribution in [3.63, 3.8) is 0 Å². The summed E-state index contributed by atoms with van der Waals surface area (Å²) in [6.07, 6.45) is 3.58. The normalized spacial score (nSPS) is 16.2. The van der Waals surface area contributed by atoms with Crippen LogP contribution >= 0.6 is 58.7 Å². The third-order valence-electron chi connectivity index (χ3n) is 3.09. The highest BCUT2D eigenvalue weighted by Gasteiger charge is 2.31. The SMILES string of the molecule is C=CCN1C(=O)/C(=C/c2ccc(Sc3ccc(Cl)cc3)s2)SC1=S. The molecule has 0 unspecified atom stereocenters. The van der Waals surface area contributed by atoms with Crippen LogP contribution < -0.4 is 0 Å². The summed E-state index contributed by atoms with van der Waals surface area (Å²) in [6.45, 7) is 4.11. The van der Waals surface area contributed by atoms with E-state index in [1.54, 1.807) is 34.1 Å². The Morgan fingerprint density at radius 3 is 2.71 bits per heavy atom. The third-order valence-corrected chi connectivity index (χ3v) is 6.89. The first-order chi connectivity index (χ1) is 11.6. The number of thiocarbonyl (C=S) groups is 1. The summed E-state index contributed by atoms with van der Waals surface area (Å²) < 4.78 is 1.74. The molecular weight excluding hydrogens is 398 g/mol. The molecule has 0 N–H and O–H groups in total. The number of hydrogen-bond acceptors (Lipinski definition) is 5. The van der Waals surface area contributed by atoms with Crippen LogP contribution in [0.25, 0.3) is 6.08 Å². The van der Waals surface area contributed by atoms with Gasteiger partial charge in [0.25, 0.3) is 5.91 Å². The van der Waals surface area contributed by atoms with Gasteiger partial charge in [0.1, 0.15) is 4.32 Å². The van der Waals surface area contributed by atoms with Crippen molar-refractivity contribution in [1.29, 1.82) is 0 Å². The summed E-state index contributed by atoms with van der Waals surface area (Å²) in [5.74, 6) is -0.0507. The standard InChI is InChI=1S/C17H12ClNOS4/c1-2-9-19-16(20)14(24-17(19)21)10-13-7-8-15(23-13)22-12-5-3-11(18)4-6-12/h2-8,10H,1,9H2/b14-10-. The van der Waals surface area contributed by atoms with Crippen LogP contribution in [0.2, 0.25) is 5.02 Å². The Hall–Kier alpha value is -1.05. The third kappa shape index (κ3) is 4.13. The molecule has 24 heavy (non-hydrogen) atoms. The topological polar surface area (TPSA) is 20.3 Å². The van der Waals surface area contributed by atoms with Gasteiger partial charge in [0.15, 0.2) is 0 Å². The predicted octanol–water partition coefficient (Wildman–Crippen LogP) is 5.94. The highest BCUT2D eigenvalue weighted by Crippen LogP contribution is 2.37. The van der Waals surface area contributed by atoms with Gasteiger partial charge in [-0.1, -0.05) is 53.4 Å². The Morgan fingerprint density at radius 1 is 1.25 bits per heavy atom. The lowest BCUT2D eigenvalue weighted by Crippen LogP contribution is -2.27. The van der Waals surface area contributed by atoms with E-state index in [2.05, 4.69) is 12.6 Å². The second-order valence-corrected chi connectivity index (χ2v) is 9.40. The van der Waals surface area contributed by atoms with Gasteiger partial charge in [-0.3, -0.25) is 9.69 Å². The second kappa shape index (κ2) is 7.89. The maximum absolute atomic E-state index is 12.3. The number of thioether (sulfide) groups is 1. The van der Waals surface area contributed by atoms with Crippen LogP contribution in [0.3, 0.4) is 0 Å². The van der Waals surface area contributed by atoms with E-state index in [1.165, 1.54) is 11.8 Å².